The standard InChI is InChI=1S/C45H59N2O9.ClH/c1-4-26-27-18-33-38-44(31-7-5-6-8-32(31)46(38)3)20-34(37(27)39(44)51)47(33,40(26)52)21-36(50)56-25-9-14-42(23-48)29-10-13-41(2)28(24-17-35(49)55-22-24)12-16-45(41,54)30(29)11-15-43(42,53)19-25;/h5-8,17,23,25-30,33-34,37-40,51-54H,4,9-16,18-22H2,1-3H3;1H/q+1;/p-1/t25-,26-,27?,28+,29-,30+,33-,34-,37?,38-,39+,40+,41+,42-,43-,44?,45-,47-;/m0./s1. The molecule has 3 unspecified atom stereocenters. The first-order valence-electron chi connectivity index (χ1n) is 21.8. The highest BCUT2D eigenvalue weighted by atomic mass is 35.5. The van der Waals surface area contributed by atoms with Crippen LogP contribution in [-0.2, 0) is 29.3 Å². The molecule has 12 rings (SSSR count). The molecule has 12 heteroatoms. The first-order valence-corrected chi connectivity index (χ1v) is 21.8. The molecule has 1 aromatic rings. The van der Waals surface area contributed by atoms with Gasteiger partial charge in [-0.15, -0.1) is 0 Å². The quantitative estimate of drug-likeness (QED) is 0.182. The van der Waals surface area contributed by atoms with Crippen LogP contribution in [0.5, 0.6) is 0 Å². The molecule has 310 valence electrons. The number of halogens is 1. The summed E-state index contributed by atoms with van der Waals surface area (Å²) in [5, 5.41) is 50.1. The number of quaternary nitrogens is 1. The topological polar surface area (TPSA) is 154 Å². The molecule has 4 N–H and O–H groups in total. The predicted octanol–water partition coefficient (Wildman–Crippen LogP) is 0.536. The maximum atomic E-state index is 14.5. The second-order valence-electron chi connectivity index (χ2n) is 20.6. The molecular weight excluding hydrogens is 748 g/mol. The normalized spacial score (nSPS) is 53.1. The van der Waals surface area contributed by atoms with E-state index < -0.39 is 45.9 Å². The number of nitrogens with zero attached hydrogens (tertiary/aromatic N) is 2. The highest BCUT2D eigenvalue weighted by molar-refractivity contribution is 5.85. The fourth-order valence-electron chi connectivity index (χ4n) is 17.6. The average Bonchev–Trinajstić information content (AvgIpc) is 3.86. The molecule has 1 spiro atoms. The maximum Gasteiger partial charge on any atom is 0.362 e. The third-order valence-corrected chi connectivity index (χ3v) is 19.6. The molecule has 11 aliphatic rings. The molecule has 4 saturated heterocycles. The number of esters is 2. The van der Waals surface area contributed by atoms with Crippen molar-refractivity contribution in [3.05, 3.63) is 41.5 Å². The van der Waals surface area contributed by atoms with Crippen molar-refractivity contribution in [1.82, 2.24) is 0 Å². The van der Waals surface area contributed by atoms with Crippen LogP contribution in [0.4, 0.5) is 5.69 Å². The monoisotopic (exact) mass is 806 g/mol. The number of carbonyl (C=O) groups excluding carboxylic acids is 3. The Balaban J connectivity index is 0.00000396. The number of hydrogen-bond acceptors (Lipinski definition) is 10. The Morgan fingerprint density at radius 1 is 1.04 bits per heavy atom. The number of cyclic esters (lactones) is 1. The van der Waals surface area contributed by atoms with Crippen LogP contribution in [0.2, 0.25) is 0 Å². The maximum absolute atomic E-state index is 14.5. The zero-order chi connectivity index (χ0) is 38.9. The first kappa shape index (κ1) is 38.6. The van der Waals surface area contributed by atoms with Gasteiger partial charge in [0.25, 0.3) is 0 Å². The van der Waals surface area contributed by atoms with Gasteiger partial charge in [-0.05, 0) is 98.7 Å². The smallest absolute Gasteiger partial charge is 0.362 e. The second kappa shape index (κ2) is 12.3. The molecule has 5 bridgehead atoms. The molecule has 0 amide bonds. The molecule has 0 aromatic heterocycles. The number of likely N-dealkylation sites (N-methyl/N-ethyl adjacent to an activating group) is 1. The number of aliphatic hydroxyl groups excluding tert-OH is 2. The predicted molar refractivity (Wildman–Crippen MR) is 202 cm³/mol. The third-order valence-electron chi connectivity index (χ3n) is 19.6. The third kappa shape index (κ3) is 4.30. The molecule has 5 aliphatic carbocycles. The van der Waals surface area contributed by atoms with Gasteiger partial charge < -0.3 is 52.0 Å². The molecule has 11 nitrogen and oxygen atoms in total. The molecule has 1 aromatic carbocycles. The number of rotatable bonds is 6. The van der Waals surface area contributed by atoms with Crippen molar-refractivity contribution in [3.63, 3.8) is 0 Å². The number of piperidine rings is 4. The van der Waals surface area contributed by atoms with Gasteiger partial charge in [0.05, 0.1) is 40.2 Å². The number of fused-ring (bicyclic) bond motifs is 7. The Hall–Kier alpha value is -2.54. The summed E-state index contributed by atoms with van der Waals surface area (Å²) >= 11 is 0. The van der Waals surface area contributed by atoms with Crippen molar-refractivity contribution in [1.29, 1.82) is 0 Å². The summed E-state index contributed by atoms with van der Waals surface area (Å²) in [6.45, 7) is 4.56. The van der Waals surface area contributed by atoms with E-state index in [1.165, 1.54) is 5.56 Å². The van der Waals surface area contributed by atoms with E-state index in [-0.39, 0.29) is 102 Å². The van der Waals surface area contributed by atoms with Crippen molar-refractivity contribution in [3.8, 4) is 0 Å². The van der Waals surface area contributed by atoms with Crippen molar-refractivity contribution in [2.24, 2.45) is 46.3 Å². The molecule has 18 atom stereocenters. The number of aliphatic hydroxyl groups is 4. The number of anilines is 1. The average molecular weight is 807 g/mol. The fraction of sp³-hybridized carbons (Fsp3) is 0.756. The first-order chi connectivity index (χ1) is 26.7. The van der Waals surface area contributed by atoms with E-state index in [1.807, 2.05) is 6.07 Å². The van der Waals surface area contributed by atoms with Gasteiger partial charge in [-0.2, -0.15) is 0 Å². The van der Waals surface area contributed by atoms with Crippen LogP contribution in [0.3, 0.4) is 0 Å². The molecule has 6 heterocycles. The Morgan fingerprint density at radius 3 is 2.54 bits per heavy atom. The van der Waals surface area contributed by atoms with Gasteiger partial charge in [0, 0.05) is 55.3 Å². The van der Waals surface area contributed by atoms with E-state index in [4.69, 9.17) is 9.47 Å². The molecule has 5 saturated carbocycles. The summed E-state index contributed by atoms with van der Waals surface area (Å²) < 4.78 is 11.9. The van der Waals surface area contributed by atoms with Gasteiger partial charge in [0.1, 0.15) is 25.0 Å². The van der Waals surface area contributed by atoms with Gasteiger partial charge in [-0.1, -0.05) is 32.0 Å². The van der Waals surface area contributed by atoms with Crippen LogP contribution < -0.4 is 17.3 Å². The summed E-state index contributed by atoms with van der Waals surface area (Å²) in [5.74, 6) is -0.852. The molecule has 0 radical (unpaired) electrons. The van der Waals surface area contributed by atoms with E-state index in [0.717, 1.165) is 43.2 Å². The number of ether oxygens (including phenoxy) is 2. The highest BCUT2D eigenvalue weighted by Crippen LogP contribution is 2.73. The van der Waals surface area contributed by atoms with E-state index in [0.29, 0.717) is 44.9 Å². The zero-order valence-corrected chi connectivity index (χ0v) is 34.2. The fourth-order valence-corrected chi connectivity index (χ4v) is 17.6. The van der Waals surface area contributed by atoms with Crippen molar-refractivity contribution >= 4 is 23.9 Å². The summed E-state index contributed by atoms with van der Waals surface area (Å²) in [4.78, 5) is 42.3. The lowest BCUT2D eigenvalue weighted by molar-refractivity contribution is -1.03. The number of para-hydroxylation sites is 1. The van der Waals surface area contributed by atoms with Gasteiger partial charge >= 0.3 is 11.9 Å². The Labute approximate surface area is 341 Å². The van der Waals surface area contributed by atoms with E-state index in [9.17, 15) is 34.8 Å². The number of aldehydes is 1. The molecular formula is C45H59ClN2O9. The lowest BCUT2D eigenvalue weighted by Gasteiger charge is -2.67. The Kier molecular flexibility index (Phi) is 8.33. The molecule has 9 fully saturated rings. The van der Waals surface area contributed by atoms with Crippen LogP contribution in [0.25, 0.3) is 0 Å². The van der Waals surface area contributed by atoms with Gasteiger partial charge in [0.15, 0.2) is 12.8 Å². The van der Waals surface area contributed by atoms with Gasteiger partial charge in [-0.25, -0.2) is 9.59 Å². The largest absolute Gasteiger partial charge is 1.00 e. The Bertz CT molecular complexity index is 1950. The number of benzene rings is 1. The van der Waals surface area contributed by atoms with Crippen LogP contribution >= 0.6 is 0 Å². The van der Waals surface area contributed by atoms with E-state index in [2.05, 4.69) is 44.0 Å². The van der Waals surface area contributed by atoms with Crippen LogP contribution in [-0.4, -0.2) is 111 Å². The number of carbonyl (C=O) groups is 3. The highest BCUT2D eigenvalue weighted by Gasteiger charge is 2.83. The molecule has 6 aliphatic heterocycles. The van der Waals surface area contributed by atoms with E-state index in [1.54, 1.807) is 6.08 Å². The molecule has 57 heavy (non-hydrogen) atoms. The minimum absolute atomic E-state index is 0. The lowest BCUT2D eigenvalue weighted by atomic mass is 9.41. The van der Waals surface area contributed by atoms with Crippen LogP contribution in [0, 0.1) is 46.3 Å². The summed E-state index contributed by atoms with van der Waals surface area (Å²) in [5.41, 5.74) is -1.04. The van der Waals surface area contributed by atoms with Crippen LogP contribution in [0.15, 0.2) is 35.9 Å². The summed E-state index contributed by atoms with van der Waals surface area (Å²) in [7, 11) is 2.11. The van der Waals surface area contributed by atoms with Gasteiger partial charge in [0.2, 0.25) is 0 Å². The van der Waals surface area contributed by atoms with Crippen LogP contribution in [0.1, 0.15) is 96.5 Å². The summed E-state index contributed by atoms with van der Waals surface area (Å²) in [6, 6.07) is 8.28. The number of hydrogen-bond donors (Lipinski definition) is 4. The minimum Gasteiger partial charge on any atom is -1.00 e. The van der Waals surface area contributed by atoms with Crippen molar-refractivity contribution in [2.45, 2.75) is 144 Å². The second-order valence-corrected chi connectivity index (χ2v) is 20.6. The van der Waals surface area contributed by atoms with Crippen molar-refractivity contribution in [2.75, 3.05) is 25.1 Å². The Morgan fingerprint density at radius 2 is 1.81 bits per heavy atom. The van der Waals surface area contributed by atoms with E-state index >= 15 is 0 Å². The lowest BCUT2D eigenvalue weighted by Crippen LogP contribution is -3.00. The SMILES string of the molecule is CC[C@H]1C2C[C@H]3[C@@H]4N(C)c5ccccc5C45C[C@@H](C2[C@H]5O)[N@@+]3(CC(=O)O[C@H]2CC[C@]3(C=O)[C@H]4CC[C@]5(C)[C@@H](C6=CC(=O)OC6)CC[C@]5(O)[C@@H]4CC[C@]3(O)C2)[C@@H]1O.[Cl-]. The van der Waals surface area contributed by atoms with Gasteiger partial charge in [-0.3, -0.25) is 4.48 Å². The zero-order valence-electron chi connectivity index (χ0n) is 33.4. The van der Waals surface area contributed by atoms with Crippen molar-refractivity contribution < 1.29 is 61.2 Å². The minimum atomic E-state index is -1.37. The summed E-state index contributed by atoms with van der Waals surface area (Å²) in [6.07, 6.45) is 7.72.